The summed E-state index contributed by atoms with van der Waals surface area (Å²) in [6.45, 7) is 4.22. The molecule has 56 heavy (non-hydrogen) atoms. The normalized spacial score (nSPS) is 14.6. The lowest BCUT2D eigenvalue weighted by molar-refractivity contribution is 0.662. The second-order valence-corrected chi connectivity index (χ2v) is 14.7. The molecule has 0 amide bonds. The first-order valence-corrected chi connectivity index (χ1v) is 18.9. The summed E-state index contributed by atoms with van der Waals surface area (Å²) in [5.74, 6) is 0. The molecule has 0 bridgehead atoms. The van der Waals surface area contributed by atoms with Gasteiger partial charge in [-0.25, -0.2) is 0 Å². The van der Waals surface area contributed by atoms with Crippen LogP contribution in [-0.2, 0) is 5.41 Å². The summed E-state index contributed by atoms with van der Waals surface area (Å²) < 4.78 is 76.9. The Morgan fingerprint density at radius 2 is 0.911 bits per heavy atom. The van der Waals surface area contributed by atoms with Gasteiger partial charge >= 0.3 is 0 Å². The van der Waals surface area contributed by atoms with Crippen molar-refractivity contribution < 1.29 is 11.0 Å². The number of hydrogen-bond acceptors (Lipinski definition) is 1. The molecule has 0 spiro atoms. The molecule has 1 heteroatoms. The van der Waals surface area contributed by atoms with E-state index in [1.165, 1.54) is 4.90 Å². The zero-order valence-electron chi connectivity index (χ0n) is 39.0. The molecule has 10 rings (SSSR count). The maximum Gasteiger partial charge on any atom is 0.0645 e. The third-order valence-electron chi connectivity index (χ3n) is 11.0. The standard InChI is InChI=1S/C55H41N/c1-55(2)53-24-9-8-20-51(53)52-23-12-22-50(54(52)55)42-29-35-47(36-30-42)56(45-31-25-39(26-32-45)38-13-4-3-5-14-38)46-33-27-40(28-34-46)43-17-10-18-44(37-43)49-21-11-16-41-15-6-7-19-48(41)49/h3-37H,1-2H3/i27D,28D,29D,30D,33D,34D,35D,36D. The van der Waals surface area contributed by atoms with Crippen LogP contribution in [0.4, 0.5) is 17.1 Å². The lowest BCUT2D eigenvalue weighted by Gasteiger charge is -2.27. The molecule has 0 atom stereocenters. The Labute approximate surface area is 341 Å². The maximum atomic E-state index is 9.69. The number of anilines is 3. The minimum Gasteiger partial charge on any atom is -0.311 e. The summed E-state index contributed by atoms with van der Waals surface area (Å²) in [6.07, 6.45) is 0. The van der Waals surface area contributed by atoms with Crippen LogP contribution in [0.2, 0.25) is 0 Å². The molecule has 0 aliphatic heterocycles. The lowest BCUT2D eigenvalue weighted by atomic mass is 9.79. The Kier molecular flexibility index (Phi) is 6.36. The molecule has 9 aromatic rings. The number of hydrogen-bond donors (Lipinski definition) is 0. The van der Waals surface area contributed by atoms with Crippen LogP contribution in [0.1, 0.15) is 35.9 Å². The molecule has 266 valence electrons. The van der Waals surface area contributed by atoms with Crippen LogP contribution < -0.4 is 4.90 Å². The molecule has 9 aromatic carbocycles. The summed E-state index contributed by atoms with van der Waals surface area (Å²) in [4.78, 5) is 1.37. The molecular weight excluding hydrogens is 675 g/mol. The van der Waals surface area contributed by atoms with E-state index in [1.807, 2.05) is 133 Å². The van der Waals surface area contributed by atoms with Crippen molar-refractivity contribution >= 4 is 27.8 Å². The van der Waals surface area contributed by atoms with Crippen molar-refractivity contribution in [1.29, 1.82) is 0 Å². The van der Waals surface area contributed by atoms with Gasteiger partial charge in [-0.1, -0.05) is 184 Å². The SMILES string of the molecule is [2H]c1c([2H])c(N(c2ccc(-c3ccccc3)cc2)c2c([2H])c([2H])c(-c3cccc4c3C(C)(C)c3ccccc3-4)c([2H])c2[2H])c([2H])c([2H])c1-c1cccc(-c2cccc3ccccc23)c1. The first kappa shape index (κ1) is 26.0. The van der Waals surface area contributed by atoms with Crippen LogP contribution in [0.15, 0.2) is 212 Å². The van der Waals surface area contributed by atoms with Crippen molar-refractivity contribution in [3.05, 3.63) is 223 Å². The van der Waals surface area contributed by atoms with E-state index < -0.39 is 5.41 Å². The number of fused-ring (bicyclic) bond motifs is 4. The molecule has 0 fully saturated rings. The summed E-state index contributed by atoms with van der Waals surface area (Å²) in [5.41, 5.74) is 8.55. The third kappa shape index (κ3) is 5.81. The predicted octanol–water partition coefficient (Wildman–Crippen LogP) is 15.3. The molecule has 0 saturated carbocycles. The molecule has 1 aliphatic carbocycles. The summed E-state index contributed by atoms with van der Waals surface area (Å²) in [5, 5.41) is 2.11. The first-order chi connectivity index (χ1) is 30.9. The molecular formula is C55H41N. The van der Waals surface area contributed by atoms with E-state index in [0.717, 1.165) is 55.3 Å². The third-order valence-corrected chi connectivity index (χ3v) is 11.0. The Morgan fingerprint density at radius 3 is 1.70 bits per heavy atom. The highest BCUT2D eigenvalue weighted by Crippen LogP contribution is 2.52. The molecule has 0 heterocycles. The van der Waals surface area contributed by atoms with Crippen molar-refractivity contribution in [2.75, 3.05) is 4.90 Å². The van der Waals surface area contributed by atoms with E-state index in [9.17, 15) is 11.0 Å². The van der Waals surface area contributed by atoms with E-state index in [0.29, 0.717) is 16.8 Å². The highest BCUT2D eigenvalue weighted by Gasteiger charge is 2.37. The van der Waals surface area contributed by atoms with E-state index in [-0.39, 0.29) is 70.8 Å². The van der Waals surface area contributed by atoms with Gasteiger partial charge in [-0.15, -0.1) is 0 Å². The van der Waals surface area contributed by atoms with Gasteiger partial charge in [0, 0.05) is 22.5 Å². The van der Waals surface area contributed by atoms with Gasteiger partial charge in [0.15, 0.2) is 0 Å². The monoisotopic (exact) mass is 723 g/mol. The lowest BCUT2D eigenvalue weighted by Crippen LogP contribution is -2.16. The van der Waals surface area contributed by atoms with Crippen molar-refractivity contribution in [2.24, 2.45) is 0 Å². The van der Waals surface area contributed by atoms with Crippen LogP contribution >= 0.6 is 0 Å². The largest absolute Gasteiger partial charge is 0.311 e. The van der Waals surface area contributed by atoms with E-state index in [2.05, 4.69) is 26.0 Å². The van der Waals surface area contributed by atoms with E-state index in [1.54, 1.807) is 18.2 Å². The molecule has 0 N–H and O–H groups in total. The molecule has 0 saturated heterocycles. The summed E-state index contributed by atoms with van der Waals surface area (Å²) in [6, 6.07) is 49.8. The maximum absolute atomic E-state index is 9.69. The number of rotatable bonds is 7. The van der Waals surface area contributed by atoms with E-state index >= 15 is 0 Å². The minimum absolute atomic E-state index is 0.108. The average molecular weight is 724 g/mol. The second-order valence-electron chi connectivity index (χ2n) is 14.7. The highest BCUT2D eigenvalue weighted by atomic mass is 15.1. The Morgan fingerprint density at radius 1 is 0.375 bits per heavy atom. The zero-order chi connectivity index (χ0) is 44.6. The van der Waals surface area contributed by atoms with Gasteiger partial charge in [-0.2, -0.15) is 0 Å². The van der Waals surface area contributed by atoms with Gasteiger partial charge in [0.1, 0.15) is 0 Å². The first-order valence-electron chi connectivity index (χ1n) is 22.9. The van der Waals surface area contributed by atoms with Crippen LogP contribution in [-0.4, -0.2) is 0 Å². The van der Waals surface area contributed by atoms with Crippen LogP contribution in [0.25, 0.3) is 66.4 Å². The zero-order valence-corrected chi connectivity index (χ0v) is 31.0. The fraction of sp³-hybridized carbons (Fsp3) is 0.0545. The quantitative estimate of drug-likeness (QED) is 0.158. The fourth-order valence-electron chi connectivity index (χ4n) is 8.29. The molecule has 0 unspecified atom stereocenters. The predicted molar refractivity (Wildman–Crippen MR) is 238 cm³/mol. The van der Waals surface area contributed by atoms with Crippen LogP contribution in [0.5, 0.6) is 0 Å². The molecule has 0 radical (unpaired) electrons. The van der Waals surface area contributed by atoms with Gasteiger partial charge in [-0.3, -0.25) is 0 Å². The van der Waals surface area contributed by atoms with Gasteiger partial charge in [0.25, 0.3) is 0 Å². The van der Waals surface area contributed by atoms with Crippen molar-refractivity contribution in [2.45, 2.75) is 19.3 Å². The number of nitrogens with zero attached hydrogens (tertiary/aromatic N) is 1. The molecule has 0 aromatic heterocycles. The van der Waals surface area contributed by atoms with Crippen LogP contribution in [0.3, 0.4) is 0 Å². The van der Waals surface area contributed by atoms with Crippen molar-refractivity contribution in [1.82, 2.24) is 0 Å². The average Bonchev–Trinajstić information content (AvgIpc) is 3.56. The van der Waals surface area contributed by atoms with Crippen LogP contribution in [0, 0.1) is 0 Å². The second kappa shape index (κ2) is 13.7. The summed E-state index contributed by atoms with van der Waals surface area (Å²) >= 11 is 0. The highest BCUT2D eigenvalue weighted by molar-refractivity contribution is 5.97. The minimum atomic E-state index is -0.498. The smallest absolute Gasteiger partial charge is 0.0645 e. The Hall–Kier alpha value is -6.96. The van der Waals surface area contributed by atoms with Gasteiger partial charge in [-0.05, 0) is 120 Å². The van der Waals surface area contributed by atoms with Gasteiger partial charge in [0.2, 0.25) is 0 Å². The van der Waals surface area contributed by atoms with Gasteiger partial charge < -0.3 is 4.90 Å². The Balaban J connectivity index is 1.17. The Bertz CT molecular complexity index is 3280. The van der Waals surface area contributed by atoms with E-state index in [4.69, 9.17) is 0 Å². The fourth-order valence-corrected chi connectivity index (χ4v) is 8.29. The topological polar surface area (TPSA) is 3.24 Å². The molecule has 1 nitrogen and oxygen atoms in total. The van der Waals surface area contributed by atoms with Gasteiger partial charge in [0.05, 0.1) is 11.0 Å². The number of benzene rings is 9. The van der Waals surface area contributed by atoms with Crippen molar-refractivity contribution in [3.63, 3.8) is 0 Å². The summed E-state index contributed by atoms with van der Waals surface area (Å²) in [7, 11) is 0. The molecule has 1 aliphatic rings. The van der Waals surface area contributed by atoms with Crippen molar-refractivity contribution in [3.8, 4) is 55.6 Å².